The van der Waals surface area contributed by atoms with Crippen LogP contribution in [-0.4, -0.2) is 24.2 Å². The Morgan fingerprint density at radius 2 is 1.78 bits per heavy atom. The Balaban J connectivity index is 1.76. The number of imide groups is 1. The van der Waals surface area contributed by atoms with Gasteiger partial charge in [-0.1, -0.05) is 70.5 Å². The van der Waals surface area contributed by atoms with Gasteiger partial charge in [0.2, 0.25) is 5.91 Å². The van der Waals surface area contributed by atoms with E-state index in [1.807, 2.05) is 30.3 Å². The van der Waals surface area contributed by atoms with Crippen LogP contribution in [0.25, 0.3) is 0 Å². The number of alkyl halides is 1. The first-order chi connectivity index (χ1) is 15.2. The standard InChI is InChI=1S/C26H32BrNO4/c1-26(2,3)32-25(30)28-24(29)22(15-18-7-5-4-6-8-18)21-13-14-31-23(16-21)20-11-9-19(17-27)10-12-20/h4-12,21-23H,13-17H2,1-3H3,(H,28,29,30). The number of ether oxygens (including phenoxy) is 2. The predicted octanol–water partition coefficient (Wildman–Crippen LogP) is 5.96. The first kappa shape index (κ1) is 24.5. The first-order valence-electron chi connectivity index (χ1n) is 11.1. The number of halogens is 1. The van der Waals surface area contributed by atoms with Crippen LogP contribution < -0.4 is 5.32 Å². The van der Waals surface area contributed by atoms with Crippen molar-refractivity contribution in [2.45, 2.75) is 57.1 Å². The van der Waals surface area contributed by atoms with Crippen molar-refractivity contribution in [1.29, 1.82) is 0 Å². The van der Waals surface area contributed by atoms with Crippen molar-refractivity contribution in [3.05, 3.63) is 71.3 Å². The van der Waals surface area contributed by atoms with Gasteiger partial charge >= 0.3 is 6.09 Å². The van der Waals surface area contributed by atoms with Crippen LogP contribution in [0.2, 0.25) is 0 Å². The molecule has 6 heteroatoms. The summed E-state index contributed by atoms with van der Waals surface area (Å²) in [7, 11) is 0. The van der Waals surface area contributed by atoms with Crippen LogP contribution in [0.5, 0.6) is 0 Å². The number of alkyl carbamates (subject to hydrolysis) is 1. The zero-order valence-corrected chi connectivity index (χ0v) is 20.6. The average Bonchev–Trinajstić information content (AvgIpc) is 2.77. The topological polar surface area (TPSA) is 64.6 Å². The fourth-order valence-corrected chi connectivity index (χ4v) is 4.45. The van der Waals surface area contributed by atoms with Crippen LogP contribution in [0.15, 0.2) is 54.6 Å². The number of nitrogens with one attached hydrogen (secondary N) is 1. The van der Waals surface area contributed by atoms with E-state index in [1.165, 1.54) is 5.56 Å². The molecule has 0 saturated carbocycles. The summed E-state index contributed by atoms with van der Waals surface area (Å²) in [6.45, 7) is 5.92. The highest BCUT2D eigenvalue weighted by atomic mass is 79.9. The quantitative estimate of drug-likeness (QED) is 0.495. The SMILES string of the molecule is CC(C)(C)OC(=O)NC(=O)C(Cc1ccccc1)C1CCOC(c2ccc(CBr)cc2)C1. The molecule has 0 aromatic heterocycles. The van der Waals surface area contributed by atoms with Gasteiger partial charge in [-0.25, -0.2) is 4.79 Å². The van der Waals surface area contributed by atoms with Gasteiger partial charge < -0.3 is 9.47 Å². The summed E-state index contributed by atoms with van der Waals surface area (Å²) in [6.07, 6.45) is 1.30. The van der Waals surface area contributed by atoms with Gasteiger partial charge in [0.15, 0.2) is 0 Å². The van der Waals surface area contributed by atoms with Crippen molar-refractivity contribution in [3.8, 4) is 0 Å². The van der Waals surface area contributed by atoms with E-state index in [9.17, 15) is 9.59 Å². The number of hydrogen-bond acceptors (Lipinski definition) is 4. The number of rotatable bonds is 6. The molecule has 172 valence electrons. The van der Waals surface area contributed by atoms with E-state index in [1.54, 1.807) is 20.8 Å². The van der Waals surface area contributed by atoms with Crippen molar-refractivity contribution in [1.82, 2.24) is 5.32 Å². The van der Waals surface area contributed by atoms with Crippen LogP contribution in [0.4, 0.5) is 4.79 Å². The minimum atomic E-state index is -0.700. The summed E-state index contributed by atoms with van der Waals surface area (Å²) in [5.74, 6) is -0.547. The Labute approximate surface area is 199 Å². The molecule has 1 aliphatic rings. The first-order valence-corrected chi connectivity index (χ1v) is 12.2. The second kappa shape index (κ2) is 11.1. The van der Waals surface area contributed by atoms with E-state index in [4.69, 9.17) is 9.47 Å². The zero-order valence-electron chi connectivity index (χ0n) is 19.0. The van der Waals surface area contributed by atoms with Crippen LogP contribution in [0.1, 0.15) is 56.4 Å². The van der Waals surface area contributed by atoms with E-state index >= 15 is 0 Å². The lowest BCUT2D eigenvalue weighted by molar-refractivity contribution is -0.128. The van der Waals surface area contributed by atoms with E-state index in [2.05, 4.69) is 45.5 Å². The van der Waals surface area contributed by atoms with Crippen LogP contribution in [-0.2, 0) is 26.0 Å². The van der Waals surface area contributed by atoms with E-state index < -0.39 is 11.7 Å². The van der Waals surface area contributed by atoms with Gasteiger partial charge in [-0.2, -0.15) is 0 Å². The molecule has 5 nitrogen and oxygen atoms in total. The number of hydrogen-bond donors (Lipinski definition) is 1. The van der Waals surface area contributed by atoms with Crippen LogP contribution >= 0.6 is 15.9 Å². The lowest BCUT2D eigenvalue weighted by Crippen LogP contribution is -2.43. The summed E-state index contributed by atoms with van der Waals surface area (Å²) in [5, 5.41) is 3.29. The maximum absolute atomic E-state index is 13.2. The average molecular weight is 502 g/mol. The summed E-state index contributed by atoms with van der Waals surface area (Å²) >= 11 is 3.48. The highest BCUT2D eigenvalue weighted by Gasteiger charge is 2.35. The normalized spacial score (nSPS) is 19.8. The Kier molecular flexibility index (Phi) is 8.49. The largest absolute Gasteiger partial charge is 0.444 e. The third-order valence-electron chi connectivity index (χ3n) is 5.66. The Bertz CT molecular complexity index is 892. The second-order valence-corrected chi connectivity index (χ2v) is 9.87. The smallest absolute Gasteiger partial charge is 0.414 e. The van der Waals surface area contributed by atoms with Gasteiger partial charge in [0.05, 0.1) is 6.10 Å². The molecule has 1 aliphatic heterocycles. The van der Waals surface area contributed by atoms with Crippen molar-refractivity contribution in [2.75, 3.05) is 6.61 Å². The molecule has 3 rings (SSSR count). The lowest BCUT2D eigenvalue weighted by atomic mass is 9.78. The molecule has 0 aliphatic carbocycles. The summed E-state index contributed by atoms with van der Waals surface area (Å²) in [4.78, 5) is 25.5. The van der Waals surface area contributed by atoms with Gasteiger partial charge in [0, 0.05) is 17.9 Å². The summed E-state index contributed by atoms with van der Waals surface area (Å²) in [6, 6.07) is 18.3. The highest BCUT2D eigenvalue weighted by molar-refractivity contribution is 9.08. The number of benzene rings is 2. The number of carbonyl (C=O) groups is 2. The van der Waals surface area contributed by atoms with Gasteiger partial charge in [0.1, 0.15) is 5.60 Å². The number of carbonyl (C=O) groups excluding carboxylic acids is 2. The molecular weight excluding hydrogens is 470 g/mol. The molecule has 1 saturated heterocycles. The molecule has 0 spiro atoms. The molecule has 2 amide bonds. The fourth-order valence-electron chi connectivity index (χ4n) is 4.08. The molecule has 3 atom stereocenters. The van der Waals surface area contributed by atoms with Crippen molar-refractivity contribution < 1.29 is 19.1 Å². The summed E-state index contributed by atoms with van der Waals surface area (Å²) < 4.78 is 11.4. The predicted molar refractivity (Wildman–Crippen MR) is 129 cm³/mol. The molecule has 1 fully saturated rings. The van der Waals surface area contributed by atoms with Gasteiger partial charge in [-0.15, -0.1) is 0 Å². The van der Waals surface area contributed by atoms with Gasteiger partial charge in [0.25, 0.3) is 0 Å². The second-order valence-electron chi connectivity index (χ2n) is 9.31. The summed E-state index contributed by atoms with van der Waals surface area (Å²) in [5.41, 5.74) is 2.73. The molecule has 0 bridgehead atoms. The minimum absolute atomic E-state index is 0.0641. The highest BCUT2D eigenvalue weighted by Crippen LogP contribution is 2.37. The minimum Gasteiger partial charge on any atom is -0.444 e. The maximum atomic E-state index is 13.2. The zero-order chi connectivity index (χ0) is 23.1. The third kappa shape index (κ3) is 7.17. The van der Waals surface area contributed by atoms with Crippen LogP contribution in [0.3, 0.4) is 0 Å². The molecule has 32 heavy (non-hydrogen) atoms. The van der Waals surface area contributed by atoms with Crippen molar-refractivity contribution in [3.63, 3.8) is 0 Å². The molecule has 3 unspecified atom stereocenters. The fraction of sp³-hybridized carbons (Fsp3) is 0.462. The number of amides is 2. The maximum Gasteiger partial charge on any atom is 0.414 e. The Hall–Kier alpha value is -2.18. The molecule has 0 radical (unpaired) electrons. The molecule has 1 heterocycles. The lowest BCUT2D eigenvalue weighted by Gasteiger charge is -2.34. The van der Waals surface area contributed by atoms with E-state index in [-0.39, 0.29) is 23.8 Å². The van der Waals surface area contributed by atoms with Gasteiger partial charge in [-0.05, 0) is 62.6 Å². The monoisotopic (exact) mass is 501 g/mol. The molecular formula is C26H32BrNO4. The van der Waals surface area contributed by atoms with Crippen molar-refractivity contribution in [2.24, 2.45) is 11.8 Å². The Morgan fingerprint density at radius 3 is 2.41 bits per heavy atom. The van der Waals surface area contributed by atoms with E-state index in [0.717, 1.165) is 29.3 Å². The van der Waals surface area contributed by atoms with Gasteiger partial charge in [-0.3, -0.25) is 10.1 Å². The Morgan fingerprint density at radius 1 is 1.09 bits per heavy atom. The molecule has 2 aromatic carbocycles. The van der Waals surface area contributed by atoms with E-state index in [0.29, 0.717) is 13.0 Å². The molecule has 1 N–H and O–H groups in total. The van der Waals surface area contributed by atoms with Crippen LogP contribution in [0, 0.1) is 11.8 Å². The van der Waals surface area contributed by atoms with Crippen molar-refractivity contribution >= 4 is 27.9 Å². The third-order valence-corrected chi connectivity index (χ3v) is 6.31. The molecule has 2 aromatic rings.